The largest absolute Gasteiger partial charge is 0.465 e. The second kappa shape index (κ2) is 7.67. The highest BCUT2D eigenvalue weighted by Gasteiger charge is 2.40. The van der Waals surface area contributed by atoms with Gasteiger partial charge in [-0.25, -0.2) is 0 Å². The van der Waals surface area contributed by atoms with Crippen molar-refractivity contribution in [2.75, 3.05) is 13.2 Å². The van der Waals surface area contributed by atoms with Gasteiger partial charge in [-0.3, -0.25) is 4.79 Å². The number of esters is 1. The number of cyclic esters (lactones) is 1. The Hall–Kier alpha value is -0.610. The third-order valence-electron chi connectivity index (χ3n) is 3.47. The Morgan fingerprint density at radius 3 is 2.71 bits per heavy atom. The summed E-state index contributed by atoms with van der Waals surface area (Å²) in [7, 11) is 0. The molecule has 0 aromatic heterocycles. The number of carbonyl (C=O) groups excluding carboxylic acids is 1. The molecule has 2 N–H and O–H groups in total. The van der Waals surface area contributed by atoms with Crippen molar-refractivity contribution in [1.82, 2.24) is 0 Å². The average molecular weight is 244 g/mol. The van der Waals surface area contributed by atoms with Crippen molar-refractivity contribution >= 4 is 5.97 Å². The first-order chi connectivity index (χ1) is 8.20. The van der Waals surface area contributed by atoms with E-state index in [4.69, 9.17) is 9.84 Å². The summed E-state index contributed by atoms with van der Waals surface area (Å²) < 4.78 is 4.88. The Morgan fingerprint density at radius 2 is 2.06 bits per heavy atom. The van der Waals surface area contributed by atoms with Gasteiger partial charge in [0, 0.05) is 5.92 Å². The zero-order chi connectivity index (χ0) is 12.7. The molecule has 0 radical (unpaired) electrons. The van der Waals surface area contributed by atoms with Crippen LogP contribution in [0.4, 0.5) is 0 Å². The molecule has 0 spiro atoms. The number of aliphatic hydroxyl groups excluding tert-OH is 2. The molecule has 0 unspecified atom stereocenters. The molecule has 1 heterocycles. The lowest BCUT2D eigenvalue weighted by molar-refractivity contribution is -0.144. The molecule has 0 bridgehead atoms. The van der Waals surface area contributed by atoms with E-state index >= 15 is 0 Å². The van der Waals surface area contributed by atoms with E-state index in [1.54, 1.807) is 0 Å². The third-order valence-corrected chi connectivity index (χ3v) is 3.47. The first kappa shape index (κ1) is 14.5. The molecule has 4 heteroatoms. The highest BCUT2D eigenvalue weighted by atomic mass is 16.5. The van der Waals surface area contributed by atoms with Gasteiger partial charge >= 0.3 is 5.97 Å². The van der Waals surface area contributed by atoms with Crippen LogP contribution >= 0.6 is 0 Å². The monoisotopic (exact) mass is 244 g/mol. The maximum Gasteiger partial charge on any atom is 0.312 e. The van der Waals surface area contributed by atoms with Gasteiger partial charge in [0.25, 0.3) is 0 Å². The van der Waals surface area contributed by atoms with Crippen LogP contribution in [0.1, 0.15) is 45.4 Å². The summed E-state index contributed by atoms with van der Waals surface area (Å²) >= 11 is 0. The number of aliphatic hydroxyl groups is 2. The standard InChI is InChI=1S/C13H24O4/c1-2-3-4-5-6-7-11(15)12-10(8-14)9-17-13(12)16/h10-12,14-15H,2-9H2,1H3/t10-,11-,12+/m1/s1. The van der Waals surface area contributed by atoms with E-state index in [0.29, 0.717) is 6.42 Å². The first-order valence-electron chi connectivity index (χ1n) is 6.66. The SMILES string of the molecule is CCCCCCC[C@@H](O)[C@H]1C(=O)OC[C@H]1CO. The van der Waals surface area contributed by atoms with Crippen LogP contribution in [0.5, 0.6) is 0 Å². The summed E-state index contributed by atoms with van der Waals surface area (Å²) in [4.78, 5) is 11.4. The van der Waals surface area contributed by atoms with Crippen molar-refractivity contribution in [3.05, 3.63) is 0 Å². The summed E-state index contributed by atoms with van der Waals surface area (Å²) in [6.45, 7) is 2.31. The number of ether oxygens (including phenoxy) is 1. The molecule has 0 aliphatic carbocycles. The maximum atomic E-state index is 11.4. The van der Waals surface area contributed by atoms with Gasteiger partial charge in [-0.1, -0.05) is 39.0 Å². The predicted octanol–water partition coefficient (Wildman–Crippen LogP) is 1.49. The Labute approximate surface area is 103 Å². The van der Waals surface area contributed by atoms with Crippen LogP contribution in [-0.2, 0) is 9.53 Å². The summed E-state index contributed by atoms with van der Waals surface area (Å²) in [5.74, 6) is -1.11. The third kappa shape index (κ3) is 4.28. The van der Waals surface area contributed by atoms with Crippen molar-refractivity contribution in [3.63, 3.8) is 0 Å². The predicted molar refractivity (Wildman–Crippen MR) is 64.4 cm³/mol. The van der Waals surface area contributed by atoms with Crippen LogP contribution in [0.25, 0.3) is 0 Å². The highest BCUT2D eigenvalue weighted by molar-refractivity contribution is 5.75. The molecule has 100 valence electrons. The van der Waals surface area contributed by atoms with E-state index in [-0.39, 0.29) is 25.1 Å². The van der Waals surface area contributed by atoms with Crippen LogP contribution in [0, 0.1) is 11.8 Å². The van der Waals surface area contributed by atoms with E-state index in [1.807, 2.05) is 0 Å². The van der Waals surface area contributed by atoms with Gasteiger partial charge in [-0.15, -0.1) is 0 Å². The summed E-state index contributed by atoms with van der Waals surface area (Å²) in [5, 5.41) is 19.1. The van der Waals surface area contributed by atoms with Gasteiger partial charge in [-0.05, 0) is 6.42 Å². The smallest absolute Gasteiger partial charge is 0.312 e. The Bertz CT molecular complexity index is 229. The fourth-order valence-electron chi connectivity index (χ4n) is 2.36. The van der Waals surface area contributed by atoms with Crippen LogP contribution in [0.2, 0.25) is 0 Å². The molecular weight excluding hydrogens is 220 g/mol. The molecule has 0 amide bonds. The van der Waals surface area contributed by atoms with Gasteiger partial charge in [-0.2, -0.15) is 0 Å². The molecule has 1 fully saturated rings. The number of unbranched alkanes of at least 4 members (excludes halogenated alkanes) is 4. The van der Waals surface area contributed by atoms with Crippen LogP contribution < -0.4 is 0 Å². The van der Waals surface area contributed by atoms with Crippen LogP contribution in [-0.4, -0.2) is 35.5 Å². The summed E-state index contributed by atoms with van der Waals surface area (Å²) in [5.41, 5.74) is 0. The van der Waals surface area contributed by atoms with E-state index in [0.717, 1.165) is 12.8 Å². The lowest BCUT2D eigenvalue weighted by Crippen LogP contribution is -2.31. The first-order valence-corrected chi connectivity index (χ1v) is 6.66. The van der Waals surface area contributed by atoms with Gasteiger partial charge < -0.3 is 14.9 Å². The molecule has 4 nitrogen and oxygen atoms in total. The number of carbonyl (C=O) groups is 1. The van der Waals surface area contributed by atoms with Crippen molar-refractivity contribution < 1.29 is 19.7 Å². The fraction of sp³-hybridized carbons (Fsp3) is 0.923. The molecule has 1 rings (SSSR count). The number of hydrogen-bond acceptors (Lipinski definition) is 4. The van der Waals surface area contributed by atoms with Gasteiger partial charge in [0.15, 0.2) is 0 Å². The molecule has 0 aromatic rings. The fourth-order valence-corrected chi connectivity index (χ4v) is 2.36. The second-order valence-electron chi connectivity index (χ2n) is 4.87. The molecule has 3 atom stereocenters. The van der Waals surface area contributed by atoms with Gasteiger partial charge in [0.2, 0.25) is 0 Å². The highest BCUT2D eigenvalue weighted by Crippen LogP contribution is 2.27. The number of rotatable bonds is 8. The van der Waals surface area contributed by atoms with Crippen molar-refractivity contribution in [2.24, 2.45) is 11.8 Å². The summed E-state index contributed by atoms with van der Waals surface area (Å²) in [6.07, 6.45) is 5.59. The maximum absolute atomic E-state index is 11.4. The quantitative estimate of drug-likeness (QED) is 0.501. The topological polar surface area (TPSA) is 66.8 Å². The minimum Gasteiger partial charge on any atom is -0.465 e. The van der Waals surface area contributed by atoms with E-state index < -0.39 is 12.0 Å². The summed E-state index contributed by atoms with van der Waals surface area (Å²) in [6, 6.07) is 0. The molecule has 1 aliphatic rings. The molecule has 0 aromatic carbocycles. The Balaban J connectivity index is 2.25. The van der Waals surface area contributed by atoms with E-state index in [2.05, 4.69) is 6.92 Å². The molecule has 1 saturated heterocycles. The molecule has 1 aliphatic heterocycles. The van der Waals surface area contributed by atoms with Gasteiger partial charge in [0.1, 0.15) is 0 Å². The van der Waals surface area contributed by atoms with Crippen molar-refractivity contribution in [1.29, 1.82) is 0 Å². The minimum atomic E-state index is -0.663. The molecule has 17 heavy (non-hydrogen) atoms. The van der Waals surface area contributed by atoms with Crippen molar-refractivity contribution in [3.8, 4) is 0 Å². The average Bonchev–Trinajstić information content (AvgIpc) is 2.70. The Kier molecular flexibility index (Phi) is 6.52. The van der Waals surface area contributed by atoms with Crippen LogP contribution in [0.3, 0.4) is 0 Å². The lowest BCUT2D eigenvalue weighted by atomic mass is 9.88. The zero-order valence-corrected chi connectivity index (χ0v) is 10.6. The van der Waals surface area contributed by atoms with Crippen molar-refractivity contribution in [2.45, 2.75) is 51.6 Å². The zero-order valence-electron chi connectivity index (χ0n) is 10.6. The lowest BCUT2D eigenvalue weighted by Gasteiger charge is -2.19. The number of hydrogen-bond donors (Lipinski definition) is 2. The molecular formula is C13H24O4. The normalized spacial score (nSPS) is 25.9. The van der Waals surface area contributed by atoms with Gasteiger partial charge in [0.05, 0.1) is 25.2 Å². The van der Waals surface area contributed by atoms with E-state index in [9.17, 15) is 9.90 Å². The van der Waals surface area contributed by atoms with E-state index in [1.165, 1.54) is 19.3 Å². The minimum absolute atomic E-state index is 0.0939. The van der Waals surface area contributed by atoms with Crippen LogP contribution in [0.15, 0.2) is 0 Å². The molecule has 0 saturated carbocycles. The Morgan fingerprint density at radius 1 is 1.35 bits per heavy atom. The second-order valence-corrected chi connectivity index (χ2v) is 4.87.